The summed E-state index contributed by atoms with van der Waals surface area (Å²) in [5.41, 5.74) is 5.62. The first-order valence-corrected chi connectivity index (χ1v) is 8.10. The second-order valence-electron chi connectivity index (χ2n) is 5.80. The van der Waals surface area contributed by atoms with Crippen LogP contribution in [0.25, 0.3) is 0 Å². The molecule has 1 aliphatic carbocycles. The third kappa shape index (κ3) is 2.75. The lowest BCUT2D eigenvalue weighted by Crippen LogP contribution is -2.32. The highest BCUT2D eigenvalue weighted by molar-refractivity contribution is 6.29. The van der Waals surface area contributed by atoms with Gasteiger partial charge >= 0.3 is 0 Å². The van der Waals surface area contributed by atoms with Crippen molar-refractivity contribution in [3.63, 3.8) is 0 Å². The zero-order chi connectivity index (χ0) is 15.7. The van der Waals surface area contributed by atoms with Crippen LogP contribution in [0.5, 0.6) is 0 Å². The van der Waals surface area contributed by atoms with E-state index in [1.807, 2.05) is 42.9 Å². The van der Waals surface area contributed by atoms with E-state index in [2.05, 4.69) is 5.10 Å². The van der Waals surface area contributed by atoms with Crippen LogP contribution < -0.4 is 4.90 Å². The number of hydrogen-bond acceptors (Lipinski definition) is 2. The van der Waals surface area contributed by atoms with E-state index < -0.39 is 0 Å². The highest BCUT2D eigenvalue weighted by atomic mass is 35.5. The number of amides is 1. The SMILES string of the molecule is Cc1cccc(N(Cc2c3c(nn2C)CCC3)C(=O)CCl)c1. The quantitative estimate of drug-likeness (QED) is 0.813. The van der Waals surface area contributed by atoms with Crippen molar-refractivity contribution in [3.8, 4) is 0 Å². The lowest BCUT2D eigenvalue weighted by atomic mass is 10.1. The Kier molecular flexibility index (Phi) is 4.21. The second kappa shape index (κ2) is 6.13. The number of carbonyl (C=O) groups excluding carboxylic acids is 1. The molecule has 1 aliphatic rings. The molecule has 0 atom stereocenters. The molecule has 2 aromatic rings. The summed E-state index contributed by atoms with van der Waals surface area (Å²) in [4.78, 5) is 14.1. The summed E-state index contributed by atoms with van der Waals surface area (Å²) in [7, 11) is 1.95. The van der Waals surface area contributed by atoms with Crippen molar-refractivity contribution in [3.05, 3.63) is 46.8 Å². The molecule has 0 fully saturated rings. The van der Waals surface area contributed by atoms with E-state index in [0.29, 0.717) is 6.54 Å². The fraction of sp³-hybridized carbons (Fsp3) is 0.412. The second-order valence-corrected chi connectivity index (χ2v) is 6.07. The minimum atomic E-state index is -0.0831. The number of benzene rings is 1. The van der Waals surface area contributed by atoms with E-state index in [-0.39, 0.29) is 11.8 Å². The van der Waals surface area contributed by atoms with Crippen LogP contribution in [0.2, 0.25) is 0 Å². The monoisotopic (exact) mass is 317 g/mol. The minimum Gasteiger partial charge on any atom is -0.305 e. The molecule has 0 saturated carbocycles. The Labute approximate surface area is 135 Å². The molecule has 1 amide bonds. The summed E-state index contributed by atoms with van der Waals surface area (Å²) in [5, 5.41) is 4.59. The maximum atomic E-state index is 12.3. The van der Waals surface area contributed by atoms with Gasteiger partial charge in [0.15, 0.2) is 0 Å². The number of halogens is 1. The van der Waals surface area contributed by atoms with Gasteiger partial charge < -0.3 is 4.90 Å². The fourth-order valence-electron chi connectivity index (χ4n) is 3.12. The molecule has 0 spiro atoms. The van der Waals surface area contributed by atoms with Gasteiger partial charge in [-0.15, -0.1) is 11.6 Å². The van der Waals surface area contributed by atoms with Crippen molar-refractivity contribution in [2.24, 2.45) is 7.05 Å². The first kappa shape index (κ1) is 15.1. The van der Waals surface area contributed by atoms with Gasteiger partial charge in [0, 0.05) is 12.7 Å². The number of rotatable bonds is 4. The summed E-state index contributed by atoms with van der Waals surface area (Å²) < 4.78 is 1.91. The van der Waals surface area contributed by atoms with Crippen molar-refractivity contribution in [1.82, 2.24) is 9.78 Å². The Morgan fingerprint density at radius 2 is 2.23 bits per heavy atom. The average molecular weight is 318 g/mol. The molecular formula is C17H20ClN3O. The van der Waals surface area contributed by atoms with Gasteiger partial charge in [-0.05, 0) is 49.4 Å². The Morgan fingerprint density at radius 1 is 1.41 bits per heavy atom. The van der Waals surface area contributed by atoms with Crippen molar-refractivity contribution in [2.75, 3.05) is 10.8 Å². The summed E-state index contributed by atoms with van der Waals surface area (Å²) >= 11 is 5.82. The third-order valence-corrected chi connectivity index (χ3v) is 4.46. The van der Waals surface area contributed by atoms with Crippen LogP contribution in [0.3, 0.4) is 0 Å². The van der Waals surface area contributed by atoms with E-state index in [9.17, 15) is 4.79 Å². The van der Waals surface area contributed by atoms with E-state index >= 15 is 0 Å². The zero-order valence-electron chi connectivity index (χ0n) is 13.0. The summed E-state index contributed by atoms with van der Waals surface area (Å²) in [6, 6.07) is 7.95. The molecule has 1 aromatic heterocycles. The smallest absolute Gasteiger partial charge is 0.242 e. The topological polar surface area (TPSA) is 38.1 Å². The van der Waals surface area contributed by atoms with Crippen LogP contribution >= 0.6 is 11.6 Å². The highest BCUT2D eigenvalue weighted by Crippen LogP contribution is 2.27. The fourth-order valence-corrected chi connectivity index (χ4v) is 3.27. The molecule has 0 N–H and O–H groups in total. The maximum absolute atomic E-state index is 12.3. The maximum Gasteiger partial charge on any atom is 0.242 e. The van der Waals surface area contributed by atoms with Crippen LogP contribution in [0, 0.1) is 6.92 Å². The molecule has 0 radical (unpaired) electrons. The van der Waals surface area contributed by atoms with E-state index in [0.717, 1.165) is 36.2 Å². The number of fused-ring (bicyclic) bond motifs is 1. The predicted molar refractivity (Wildman–Crippen MR) is 88.3 cm³/mol. The molecule has 0 saturated heterocycles. The van der Waals surface area contributed by atoms with Crippen LogP contribution in [0.1, 0.15) is 28.9 Å². The predicted octanol–water partition coefficient (Wildman–Crippen LogP) is 2.99. The largest absolute Gasteiger partial charge is 0.305 e. The highest BCUT2D eigenvalue weighted by Gasteiger charge is 2.24. The van der Waals surface area contributed by atoms with Gasteiger partial charge in [0.2, 0.25) is 5.91 Å². The van der Waals surface area contributed by atoms with Gasteiger partial charge in [-0.25, -0.2) is 0 Å². The molecule has 0 unspecified atom stereocenters. The van der Waals surface area contributed by atoms with Crippen molar-refractivity contribution >= 4 is 23.2 Å². The Morgan fingerprint density at radius 3 is 2.95 bits per heavy atom. The van der Waals surface area contributed by atoms with E-state index in [4.69, 9.17) is 11.6 Å². The Hall–Kier alpha value is -1.81. The molecule has 3 rings (SSSR count). The van der Waals surface area contributed by atoms with Crippen LogP contribution in [-0.4, -0.2) is 21.6 Å². The van der Waals surface area contributed by atoms with Crippen molar-refractivity contribution < 1.29 is 4.79 Å². The molecule has 0 bridgehead atoms. The van der Waals surface area contributed by atoms with Crippen molar-refractivity contribution in [1.29, 1.82) is 0 Å². The Balaban J connectivity index is 1.96. The summed E-state index contributed by atoms with van der Waals surface area (Å²) in [5.74, 6) is -0.103. The number of alkyl halides is 1. The van der Waals surface area contributed by atoms with E-state index in [1.54, 1.807) is 4.90 Å². The van der Waals surface area contributed by atoms with Gasteiger partial charge in [0.25, 0.3) is 0 Å². The Bertz CT molecular complexity index is 708. The number of aromatic nitrogens is 2. The van der Waals surface area contributed by atoms with Gasteiger partial charge in [-0.3, -0.25) is 9.48 Å². The molecule has 116 valence electrons. The lowest BCUT2D eigenvalue weighted by Gasteiger charge is -2.23. The van der Waals surface area contributed by atoms with Crippen LogP contribution in [0.4, 0.5) is 5.69 Å². The number of nitrogens with zero attached hydrogens (tertiary/aromatic N) is 3. The summed E-state index contributed by atoms with van der Waals surface area (Å²) in [6.07, 6.45) is 3.24. The molecule has 22 heavy (non-hydrogen) atoms. The normalized spacial score (nSPS) is 13.2. The van der Waals surface area contributed by atoms with Gasteiger partial charge in [0.1, 0.15) is 5.88 Å². The lowest BCUT2D eigenvalue weighted by molar-refractivity contribution is -0.116. The number of hydrogen-bond donors (Lipinski definition) is 0. The molecule has 0 aliphatic heterocycles. The number of anilines is 1. The first-order valence-electron chi connectivity index (χ1n) is 7.56. The molecule has 1 aromatic carbocycles. The van der Waals surface area contributed by atoms with Gasteiger partial charge in [0.05, 0.1) is 17.9 Å². The van der Waals surface area contributed by atoms with Gasteiger partial charge in [-0.2, -0.15) is 5.10 Å². The third-order valence-electron chi connectivity index (χ3n) is 4.23. The first-order chi connectivity index (χ1) is 10.6. The van der Waals surface area contributed by atoms with Crippen LogP contribution in [-0.2, 0) is 31.2 Å². The number of carbonyl (C=O) groups is 1. The number of aryl methyl sites for hydroxylation is 3. The molecule has 1 heterocycles. The van der Waals surface area contributed by atoms with E-state index in [1.165, 1.54) is 11.3 Å². The summed E-state index contributed by atoms with van der Waals surface area (Å²) in [6.45, 7) is 2.54. The minimum absolute atomic E-state index is 0.0199. The average Bonchev–Trinajstić information content (AvgIpc) is 3.05. The van der Waals surface area contributed by atoms with Crippen molar-refractivity contribution in [2.45, 2.75) is 32.7 Å². The zero-order valence-corrected chi connectivity index (χ0v) is 13.7. The van der Waals surface area contributed by atoms with Gasteiger partial charge in [-0.1, -0.05) is 12.1 Å². The van der Waals surface area contributed by atoms with Crippen LogP contribution in [0.15, 0.2) is 24.3 Å². The standard InChI is InChI=1S/C17H20ClN3O/c1-12-5-3-6-13(9-12)21(17(22)10-18)11-16-14-7-4-8-15(14)19-20(16)2/h3,5-6,9H,4,7-8,10-11H2,1-2H3. The molecule has 4 nitrogen and oxygen atoms in total. The molecule has 5 heteroatoms. The molecular weight excluding hydrogens is 298 g/mol.